The smallest absolute Gasteiger partial charge is 0.282 e. The molecule has 2 heterocycles. The van der Waals surface area contributed by atoms with Gasteiger partial charge in [-0.05, 0) is 6.08 Å². The number of benzene rings is 2. The number of carbonyl (C=O) groups is 4. The third-order valence-electron chi connectivity index (χ3n) is 8.89. The number of imidazole rings is 1. The molecule has 12 nitrogen and oxygen atoms in total. The predicted octanol–water partition coefficient (Wildman–Crippen LogP) is 2.90. The molecule has 0 N–H and O–H groups in total. The van der Waals surface area contributed by atoms with Crippen molar-refractivity contribution in [1.29, 1.82) is 0 Å². The molecule has 3 aliphatic rings. The van der Waals surface area contributed by atoms with Crippen LogP contribution in [0.1, 0.15) is 58.6 Å². The average Bonchev–Trinajstić information content (AvgIpc) is 3.61. The molecule has 0 atom stereocenters. The SMILES string of the molecule is COCCN1C(=CC=Cc2n(CCOC)c3c([n+]2CCOC)C(=O)c2ccccc2C3=O)N(CCOC)C2=C1C(=O)c1ccccc1C2=O. The van der Waals surface area contributed by atoms with Gasteiger partial charge in [0.2, 0.25) is 34.5 Å². The fourth-order valence-electron chi connectivity index (χ4n) is 6.67. The van der Waals surface area contributed by atoms with Gasteiger partial charge in [-0.1, -0.05) is 54.6 Å². The van der Waals surface area contributed by atoms with Crippen molar-refractivity contribution in [1.82, 2.24) is 14.4 Å². The Bertz CT molecular complexity index is 1800. The standard InChI is InChI=1S/C37H39N4O8/c1-46-20-16-38-28(39(17-21-47-2)31-30(38)34(42)24-10-5-6-11-25(24)35(31)43)14-9-15-29-40(18-22-48-3)32-33(41(29)19-23-49-4)37(45)27-13-8-7-12-26(27)36(32)44/h5-15H,16-23H2,1-4H3/q+1. The summed E-state index contributed by atoms with van der Waals surface area (Å²) in [4.78, 5) is 59.4. The molecule has 1 aromatic heterocycles. The molecule has 12 heteroatoms. The summed E-state index contributed by atoms with van der Waals surface area (Å²) in [5, 5.41) is 0. The van der Waals surface area contributed by atoms with Crippen LogP contribution >= 0.6 is 0 Å². The first kappa shape index (κ1) is 33.9. The monoisotopic (exact) mass is 667 g/mol. The summed E-state index contributed by atoms with van der Waals surface area (Å²) in [6.07, 6.45) is 5.44. The van der Waals surface area contributed by atoms with Gasteiger partial charge in [0.25, 0.3) is 5.82 Å². The van der Waals surface area contributed by atoms with Gasteiger partial charge in [0.1, 0.15) is 30.3 Å². The van der Waals surface area contributed by atoms with Crippen LogP contribution < -0.4 is 4.57 Å². The minimum Gasteiger partial charge on any atom is -0.383 e. The highest BCUT2D eigenvalue weighted by molar-refractivity contribution is 6.27. The summed E-state index contributed by atoms with van der Waals surface area (Å²) in [7, 11) is 6.32. The first-order chi connectivity index (χ1) is 23.9. The quantitative estimate of drug-likeness (QED) is 0.186. The van der Waals surface area contributed by atoms with Crippen molar-refractivity contribution in [2.45, 2.75) is 13.1 Å². The number of hydrogen-bond donors (Lipinski definition) is 0. The van der Waals surface area contributed by atoms with Crippen molar-refractivity contribution in [2.75, 3.05) is 68.0 Å². The lowest BCUT2D eigenvalue weighted by Gasteiger charge is -2.26. The molecular weight excluding hydrogens is 628 g/mol. The Morgan fingerprint density at radius 1 is 0.612 bits per heavy atom. The van der Waals surface area contributed by atoms with Crippen molar-refractivity contribution in [3.8, 4) is 0 Å². The van der Waals surface area contributed by atoms with Crippen molar-refractivity contribution in [2.24, 2.45) is 0 Å². The summed E-state index contributed by atoms with van der Waals surface area (Å²) in [6.45, 7) is 2.45. The Morgan fingerprint density at radius 2 is 1.08 bits per heavy atom. The molecule has 0 saturated heterocycles. The highest BCUT2D eigenvalue weighted by Crippen LogP contribution is 2.40. The summed E-state index contributed by atoms with van der Waals surface area (Å²) in [6, 6.07) is 13.7. The number of nitrogens with zero attached hydrogens (tertiary/aromatic N) is 4. The van der Waals surface area contributed by atoms with E-state index in [9.17, 15) is 19.2 Å². The highest BCUT2D eigenvalue weighted by atomic mass is 16.5. The van der Waals surface area contributed by atoms with E-state index in [1.54, 1.807) is 83.0 Å². The van der Waals surface area contributed by atoms with Gasteiger partial charge in [-0.3, -0.25) is 19.2 Å². The van der Waals surface area contributed by atoms with Gasteiger partial charge in [0.05, 0.1) is 26.4 Å². The number of fused-ring (bicyclic) bond motifs is 3. The van der Waals surface area contributed by atoms with Crippen molar-refractivity contribution < 1.29 is 42.7 Å². The van der Waals surface area contributed by atoms with E-state index >= 15 is 0 Å². The normalized spacial score (nSPS) is 15.4. The third-order valence-corrected chi connectivity index (χ3v) is 8.89. The summed E-state index contributed by atoms with van der Waals surface area (Å²) in [5.74, 6) is 0.204. The second-order valence-electron chi connectivity index (χ2n) is 11.6. The van der Waals surface area contributed by atoms with Crippen LogP contribution in [0.15, 0.2) is 77.9 Å². The van der Waals surface area contributed by atoms with Gasteiger partial charge in [-0.25, -0.2) is 9.13 Å². The number of aromatic nitrogens is 2. The second-order valence-corrected chi connectivity index (χ2v) is 11.6. The second kappa shape index (κ2) is 14.6. The first-order valence-corrected chi connectivity index (χ1v) is 16.1. The number of rotatable bonds is 14. The molecule has 0 unspecified atom stereocenters. The Kier molecular flexibility index (Phi) is 10.1. The van der Waals surface area contributed by atoms with Crippen LogP contribution in [0, 0.1) is 0 Å². The number of carbonyl (C=O) groups excluding carboxylic acids is 4. The molecular formula is C37H39N4O8+. The largest absolute Gasteiger partial charge is 0.383 e. The van der Waals surface area contributed by atoms with Crippen LogP contribution in [-0.2, 0) is 32.0 Å². The molecule has 254 valence electrons. The lowest BCUT2D eigenvalue weighted by atomic mass is 9.90. The van der Waals surface area contributed by atoms with Crippen molar-refractivity contribution in [3.63, 3.8) is 0 Å². The van der Waals surface area contributed by atoms with Crippen LogP contribution in [0.5, 0.6) is 0 Å². The van der Waals surface area contributed by atoms with Gasteiger partial charge in [0, 0.05) is 69.9 Å². The topological polar surface area (TPSA) is 120 Å². The minimum absolute atomic E-state index is 0.244. The van der Waals surface area contributed by atoms with E-state index in [4.69, 9.17) is 18.9 Å². The summed E-state index contributed by atoms with van der Waals surface area (Å²) >= 11 is 0. The highest BCUT2D eigenvalue weighted by Gasteiger charge is 2.46. The molecule has 0 fully saturated rings. The van der Waals surface area contributed by atoms with E-state index < -0.39 is 0 Å². The molecule has 1 aliphatic heterocycles. The number of ketones is 4. The van der Waals surface area contributed by atoms with E-state index in [0.717, 1.165) is 0 Å². The Hall–Kier alpha value is -5.01. The lowest BCUT2D eigenvalue weighted by molar-refractivity contribution is -0.701. The maximum absolute atomic E-state index is 13.9. The fourth-order valence-corrected chi connectivity index (χ4v) is 6.67. The Labute approximate surface area is 284 Å². The summed E-state index contributed by atoms with van der Waals surface area (Å²) < 4.78 is 25.3. The maximum atomic E-state index is 13.9. The average molecular weight is 668 g/mol. The third kappa shape index (κ3) is 5.86. The van der Waals surface area contributed by atoms with E-state index in [0.29, 0.717) is 109 Å². The molecule has 2 aliphatic carbocycles. The lowest BCUT2D eigenvalue weighted by Crippen LogP contribution is -2.44. The van der Waals surface area contributed by atoms with Crippen molar-refractivity contribution >= 4 is 29.2 Å². The molecule has 0 spiro atoms. The van der Waals surface area contributed by atoms with Gasteiger partial charge in [0.15, 0.2) is 0 Å². The van der Waals surface area contributed by atoms with Crippen molar-refractivity contribution in [3.05, 3.63) is 117 Å². The van der Waals surface area contributed by atoms with E-state index in [1.165, 1.54) is 0 Å². The van der Waals surface area contributed by atoms with Crippen LogP contribution in [0.25, 0.3) is 6.08 Å². The first-order valence-electron chi connectivity index (χ1n) is 16.1. The van der Waals surface area contributed by atoms with E-state index in [2.05, 4.69) is 0 Å². The molecule has 0 saturated carbocycles. The molecule has 3 aromatic rings. The Balaban J connectivity index is 1.49. The minimum atomic E-state index is -0.244. The summed E-state index contributed by atoms with van der Waals surface area (Å²) in [5.41, 5.74) is 2.58. The molecule has 0 amide bonds. The van der Waals surface area contributed by atoms with Crippen LogP contribution in [0.3, 0.4) is 0 Å². The van der Waals surface area contributed by atoms with Gasteiger partial charge < -0.3 is 28.7 Å². The van der Waals surface area contributed by atoms with Gasteiger partial charge in [-0.15, -0.1) is 0 Å². The number of hydrogen-bond acceptors (Lipinski definition) is 10. The number of Topliss-reactive ketones (excluding diaryl/α,β-unsaturated/α-hetero) is 2. The number of methoxy groups -OCH3 is 4. The van der Waals surface area contributed by atoms with Gasteiger partial charge >= 0.3 is 0 Å². The van der Waals surface area contributed by atoms with Gasteiger partial charge in [-0.2, -0.15) is 0 Å². The fraction of sp³-hybridized carbons (Fsp3) is 0.324. The molecule has 2 aromatic carbocycles. The molecule has 6 rings (SSSR count). The zero-order valence-corrected chi connectivity index (χ0v) is 28.1. The maximum Gasteiger partial charge on any atom is 0.282 e. The Morgan fingerprint density at radius 3 is 1.59 bits per heavy atom. The zero-order chi connectivity index (χ0) is 34.7. The van der Waals surface area contributed by atoms with Crippen LogP contribution in [0.4, 0.5) is 0 Å². The van der Waals surface area contributed by atoms with E-state index in [1.807, 2.05) is 31.1 Å². The molecule has 0 radical (unpaired) electrons. The van der Waals surface area contributed by atoms with Crippen LogP contribution in [-0.4, -0.2) is 105 Å². The zero-order valence-electron chi connectivity index (χ0n) is 28.1. The number of allylic oxidation sites excluding steroid dienone is 4. The predicted molar refractivity (Wildman–Crippen MR) is 178 cm³/mol. The molecule has 49 heavy (non-hydrogen) atoms. The van der Waals surface area contributed by atoms with Crippen LogP contribution in [0.2, 0.25) is 0 Å². The number of ether oxygens (including phenoxy) is 4. The van der Waals surface area contributed by atoms with E-state index in [-0.39, 0.29) is 23.1 Å². The molecule has 0 bridgehead atoms.